The van der Waals surface area contributed by atoms with E-state index >= 15 is 0 Å². The second-order valence-electron chi connectivity index (χ2n) is 10.2. The Balaban J connectivity index is 1.50. The van der Waals surface area contributed by atoms with E-state index in [2.05, 4.69) is 21.2 Å². The van der Waals surface area contributed by atoms with Crippen LogP contribution in [0, 0.1) is 0 Å². The second kappa shape index (κ2) is 11.7. The van der Waals surface area contributed by atoms with E-state index in [1.807, 2.05) is 37.3 Å². The van der Waals surface area contributed by atoms with E-state index in [1.165, 1.54) is 0 Å². The van der Waals surface area contributed by atoms with Crippen LogP contribution in [0.25, 0.3) is 0 Å². The molecular formula is C29H32BrClN4O4. The Morgan fingerprint density at radius 1 is 1.08 bits per heavy atom. The zero-order valence-corrected chi connectivity index (χ0v) is 24.4. The second-order valence-corrected chi connectivity index (χ2v) is 11.5. The Morgan fingerprint density at radius 2 is 1.79 bits per heavy atom. The Morgan fingerprint density at radius 3 is 2.46 bits per heavy atom. The number of nitrogens with one attached hydrogen (secondary N) is 1. The topological polar surface area (TPSA) is 85.6 Å². The van der Waals surface area contributed by atoms with Crippen LogP contribution in [-0.4, -0.2) is 45.6 Å². The number of nitrogens with zero attached hydrogens (tertiary/aromatic N) is 3. The molecule has 39 heavy (non-hydrogen) atoms. The van der Waals surface area contributed by atoms with Crippen molar-refractivity contribution in [3.63, 3.8) is 0 Å². The molecule has 3 aromatic rings. The number of aromatic nitrogens is 2. The molecule has 206 valence electrons. The Hall–Kier alpha value is -2.88. The van der Waals surface area contributed by atoms with Gasteiger partial charge in [0, 0.05) is 36.3 Å². The van der Waals surface area contributed by atoms with Gasteiger partial charge < -0.3 is 15.0 Å². The Kier molecular flexibility index (Phi) is 8.30. The van der Waals surface area contributed by atoms with Crippen molar-refractivity contribution in [1.29, 1.82) is 0 Å². The maximum absolute atomic E-state index is 13.9. The quantitative estimate of drug-likeness (QED) is 0.406. The van der Waals surface area contributed by atoms with Crippen LogP contribution >= 0.6 is 27.5 Å². The molecule has 1 aliphatic carbocycles. The first-order valence-electron chi connectivity index (χ1n) is 13.2. The number of carbonyl (C=O) groups is 2. The fourth-order valence-electron chi connectivity index (χ4n) is 5.67. The molecule has 0 bridgehead atoms. The number of imidazole rings is 1. The molecule has 1 fully saturated rings. The molecule has 1 atom stereocenters. The molecule has 10 heteroatoms. The average Bonchev–Trinajstić information content (AvgIpc) is 3.26. The highest BCUT2D eigenvalue weighted by Crippen LogP contribution is 2.32. The van der Waals surface area contributed by atoms with Crippen LogP contribution in [0.4, 0.5) is 0 Å². The minimum absolute atomic E-state index is 0.107. The number of carbonyl (C=O) groups excluding carboxylic acids is 2. The third kappa shape index (κ3) is 5.58. The zero-order chi connectivity index (χ0) is 27.7. The van der Waals surface area contributed by atoms with Crippen molar-refractivity contribution < 1.29 is 14.3 Å². The van der Waals surface area contributed by atoms with Crippen molar-refractivity contribution in [2.45, 2.75) is 63.9 Å². The van der Waals surface area contributed by atoms with E-state index in [0.717, 1.165) is 31.2 Å². The van der Waals surface area contributed by atoms with Gasteiger partial charge in [-0.3, -0.25) is 18.7 Å². The van der Waals surface area contributed by atoms with Gasteiger partial charge in [0.2, 0.25) is 0 Å². The van der Waals surface area contributed by atoms with Gasteiger partial charge in [-0.1, -0.05) is 41.9 Å². The van der Waals surface area contributed by atoms with E-state index in [4.69, 9.17) is 16.3 Å². The van der Waals surface area contributed by atoms with Gasteiger partial charge in [0.1, 0.15) is 5.69 Å². The molecule has 2 aromatic carbocycles. The lowest BCUT2D eigenvalue weighted by Crippen LogP contribution is -2.41. The van der Waals surface area contributed by atoms with Crippen LogP contribution in [0.15, 0.2) is 57.8 Å². The Labute approximate surface area is 241 Å². The fraction of sp³-hybridized carbons (Fsp3) is 0.414. The minimum Gasteiger partial charge on any atom is -0.381 e. The summed E-state index contributed by atoms with van der Waals surface area (Å²) in [5, 5.41) is 3.55. The number of methoxy groups -OCH3 is 1. The number of hydrogen-bond acceptors (Lipinski definition) is 4. The summed E-state index contributed by atoms with van der Waals surface area (Å²) in [6.07, 6.45) is 3.30. The summed E-state index contributed by atoms with van der Waals surface area (Å²) in [6, 6.07) is 14.4. The van der Waals surface area contributed by atoms with Gasteiger partial charge in [-0.2, -0.15) is 0 Å². The molecule has 5 rings (SSSR count). The first kappa shape index (κ1) is 27.7. The van der Waals surface area contributed by atoms with Gasteiger partial charge in [-0.05, 0) is 72.3 Å². The summed E-state index contributed by atoms with van der Waals surface area (Å²) >= 11 is 9.61. The molecule has 0 radical (unpaired) electrons. The van der Waals surface area contributed by atoms with E-state index < -0.39 is 0 Å². The van der Waals surface area contributed by atoms with Crippen LogP contribution in [0.2, 0.25) is 5.02 Å². The highest BCUT2D eigenvalue weighted by molar-refractivity contribution is 9.10. The maximum Gasteiger partial charge on any atom is 0.329 e. The number of fused-ring (bicyclic) bond motifs is 1. The molecule has 1 aliphatic heterocycles. The highest BCUT2D eigenvalue weighted by atomic mass is 79.9. The zero-order valence-electron chi connectivity index (χ0n) is 22.0. The standard InChI is InChI=1S/C29H32BrClN4O4/c1-18(19-6-4-3-5-7-19)32-27(36)26-25-17-33(28(37)20-8-13-23(30)24(31)16-20)14-15-34(25)29(38)35(26)21-9-11-22(39-2)12-10-21/h3-8,13,16,18,21-22H,9-12,14-15,17H2,1-2H3,(H,32,36)/t18-,21?,22?/m1/s1. The SMILES string of the molecule is COC1CCC(n2c(C(=O)N[C@H](C)c3ccccc3)c3n(c2=O)CCN(C(=O)c2ccc(Br)c(Cl)c2)C3)CC1. The van der Waals surface area contributed by atoms with E-state index in [9.17, 15) is 14.4 Å². The number of hydrogen-bond donors (Lipinski definition) is 1. The smallest absolute Gasteiger partial charge is 0.329 e. The fourth-order valence-corrected chi connectivity index (χ4v) is 6.10. The molecule has 0 unspecified atom stereocenters. The summed E-state index contributed by atoms with van der Waals surface area (Å²) in [7, 11) is 1.71. The lowest BCUT2D eigenvalue weighted by molar-refractivity contribution is 0.0573. The highest BCUT2D eigenvalue weighted by Gasteiger charge is 2.35. The lowest BCUT2D eigenvalue weighted by Gasteiger charge is -2.30. The van der Waals surface area contributed by atoms with Crippen molar-refractivity contribution >= 4 is 39.3 Å². The third-order valence-electron chi connectivity index (χ3n) is 7.87. The molecule has 1 N–H and O–H groups in total. The molecule has 2 aliphatic rings. The molecule has 2 heterocycles. The molecule has 8 nitrogen and oxygen atoms in total. The van der Waals surface area contributed by atoms with Crippen LogP contribution < -0.4 is 11.0 Å². The van der Waals surface area contributed by atoms with Crippen molar-refractivity contribution in [1.82, 2.24) is 19.4 Å². The maximum atomic E-state index is 13.9. The van der Waals surface area contributed by atoms with Crippen LogP contribution in [0.5, 0.6) is 0 Å². The van der Waals surface area contributed by atoms with Gasteiger partial charge in [-0.15, -0.1) is 0 Å². The predicted molar refractivity (Wildman–Crippen MR) is 153 cm³/mol. The first-order chi connectivity index (χ1) is 18.8. The normalized spacial score (nSPS) is 19.8. The summed E-state index contributed by atoms with van der Waals surface area (Å²) < 4.78 is 9.59. The van der Waals surface area contributed by atoms with Crippen LogP contribution in [0.3, 0.4) is 0 Å². The largest absolute Gasteiger partial charge is 0.381 e. The monoisotopic (exact) mass is 614 g/mol. The molecule has 0 spiro atoms. The van der Waals surface area contributed by atoms with Crippen molar-refractivity contribution in [3.8, 4) is 0 Å². The number of benzene rings is 2. The predicted octanol–water partition coefficient (Wildman–Crippen LogP) is 5.34. The molecule has 0 saturated heterocycles. The van der Waals surface area contributed by atoms with E-state index in [1.54, 1.807) is 39.3 Å². The first-order valence-corrected chi connectivity index (χ1v) is 14.4. The number of amides is 2. The summed E-state index contributed by atoms with van der Waals surface area (Å²) in [4.78, 5) is 42.8. The third-order valence-corrected chi connectivity index (χ3v) is 9.10. The van der Waals surface area contributed by atoms with Gasteiger partial charge in [-0.25, -0.2) is 4.79 Å². The average molecular weight is 616 g/mol. The molecule has 1 saturated carbocycles. The summed E-state index contributed by atoms with van der Waals surface area (Å²) in [5.41, 5.74) is 2.14. The van der Waals surface area contributed by atoms with E-state index in [0.29, 0.717) is 39.5 Å². The number of rotatable bonds is 6. The van der Waals surface area contributed by atoms with E-state index in [-0.39, 0.29) is 42.2 Å². The van der Waals surface area contributed by atoms with Crippen molar-refractivity contribution in [2.24, 2.45) is 0 Å². The number of halogens is 2. The van der Waals surface area contributed by atoms with Crippen molar-refractivity contribution in [2.75, 3.05) is 13.7 Å². The van der Waals surface area contributed by atoms with Crippen LogP contribution in [0.1, 0.15) is 76.8 Å². The minimum atomic E-state index is -0.313. The van der Waals surface area contributed by atoms with Gasteiger partial charge in [0.15, 0.2) is 0 Å². The summed E-state index contributed by atoms with van der Waals surface area (Å²) in [5.74, 6) is -0.507. The van der Waals surface area contributed by atoms with Crippen molar-refractivity contribution in [3.05, 3.63) is 91.0 Å². The van der Waals surface area contributed by atoms with Crippen LogP contribution in [-0.2, 0) is 17.8 Å². The Bertz CT molecular complexity index is 1430. The van der Waals surface area contributed by atoms with Gasteiger partial charge in [0.25, 0.3) is 11.8 Å². The lowest BCUT2D eigenvalue weighted by atomic mass is 9.92. The molecule has 1 aromatic heterocycles. The molecule has 2 amide bonds. The number of ether oxygens (including phenoxy) is 1. The summed E-state index contributed by atoms with van der Waals surface area (Å²) in [6.45, 7) is 2.76. The van der Waals surface area contributed by atoms with Gasteiger partial charge in [0.05, 0.1) is 29.4 Å². The molecular weight excluding hydrogens is 584 g/mol. The van der Waals surface area contributed by atoms with Gasteiger partial charge >= 0.3 is 5.69 Å².